The molecule has 0 saturated heterocycles. The maximum absolute atomic E-state index is 7.80. The second-order valence-electron chi connectivity index (χ2n) is 5.53. The average molecular weight is 413 g/mol. The number of benzene rings is 1. The number of rotatable bonds is 3. The Bertz CT molecular complexity index is 1180. The smallest absolute Gasteiger partial charge is 0.213 e. The highest BCUT2D eigenvalue weighted by Gasteiger charge is 2.25. The Hall–Kier alpha value is -2.92. The molecule has 0 aliphatic carbocycles. The molecule has 0 radical (unpaired) electrons. The van der Waals surface area contributed by atoms with Gasteiger partial charge in [0.2, 0.25) is 5.69 Å². The summed E-state index contributed by atoms with van der Waals surface area (Å²) in [5, 5.41) is 8.95. The quantitative estimate of drug-likeness (QED) is 0.422. The van der Waals surface area contributed by atoms with Crippen LogP contribution in [-0.4, -0.2) is 20.2 Å². The van der Waals surface area contributed by atoms with Crippen molar-refractivity contribution in [3.05, 3.63) is 64.3 Å². The maximum atomic E-state index is 7.80. The van der Waals surface area contributed by atoms with E-state index in [1.165, 1.54) is 17.7 Å². The fourth-order valence-corrected chi connectivity index (χ4v) is 4.44. The van der Waals surface area contributed by atoms with Gasteiger partial charge < -0.3 is 10.7 Å². The van der Waals surface area contributed by atoms with Crippen LogP contribution in [0.5, 0.6) is 0 Å². The van der Waals surface area contributed by atoms with E-state index in [2.05, 4.69) is 25.0 Å². The minimum Gasteiger partial charge on any atom is -0.384 e. The van der Waals surface area contributed by atoms with E-state index in [0.29, 0.717) is 38.5 Å². The highest BCUT2D eigenvalue weighted by Crippen LogP contribution is 2.52. The number of nitrogens with one attached hydrogen (secondary N) is 1. The first-order chi connectivity index (χ1) is 13.1. The molecule has 0 amide bonds. The lowest BCUT2D eigenvalue weighted by atomic mass is 10.0. The highest BCUT2D eigenvalue weighted by molar-refractivity contribution is 7.20. The van der Waals surface area contributed by atoms with E-state index >= 15 is 0 Å². The topological polar surface area (TPSA) is 84.8 Å². The van der Waals surface area contributed by atoms with Gasteiger partial charge in [-0.2, -0.15) is 0 Å². The number of anilines is 1. The van der Waals surface area contributed by atoms with Gasteiger partial charge in [-0.25, -0.2) is 9.83 Å². The lowest BCUT2D eigenvalue weighted by Crippen LogP contribution is -1.88. The second-order valence-corrected chi connectivity index (χ2v) is 7.39. The van der Waals surface area contributed by atoms with Crippen LogP contribution >= 0.6 is 34.5 Å². The van der Waals surface area contributed by atoms with Crippen molar-refractivity contribution in [2.45, 2.75) is 0 Å². The number of aromatic nitrogens is 4. The molecule has 0 bridgehead atoms. The molecule has 3 aromatic heterocycles. The van der Waals surface area contributed by atoms with E-state index in [1.54, 1.807) is 30.5 Å². The van der Waals surface area contributed by atoms with Crippen LogP contribution in [0.2, 0.25) is 10.0 Å². The van der Waals surface area contributed by atoms with Gasteiger partial charge >= 0.3 is 0 Å². The summed E-state index contributed by atoms with van der Waals surface area (Å²) in [5.74, 6) is 0.934. The molecule has 4 rings (SSSR count). The Labute approximate surface area is 168 Å². The molecule has 27 heavy (non-hydrogen) atoms. The molecule has 0 spiro atoms. The van der Waals surface area contributed by atoms with Gasteiger partial charge in [-0.1, -0.05) is 29.3 Å². The van der Waals surface area contributed by atoms with Crippen molar-refractivity contribution in [3.8, 4) is 32.3 Å². The van der Waals surface area contributed by atoms with E-state index < -0.39 is 0 Å². The first-order valence-corrected chi connectivity index (χ1v) is 9.23. The van der Waals surface area contributed by atoms with Gasteiger partial charge in [-0.05, 0) is 35.4 Å². The van der Waals surface area contributed by atoms with E-state index in [0.717, 1.165) is 15.3 Å². The zero-order valence-electron chi connectivity index (χ0n) is 13.6. The van der Waals surface area contributed by atoms with Crippen LogP contribution in [0.25, 0.3) is 37.1 Å². The summed E-state index contributed by atoms with van der Waals surface area (Å²) in [6, 6.07) is 8.73. The normalized spacial score (nSPS) is 10.7. The molecule has 0 unspecified atom stereocenters. The molecule has 3 N–H and O–H groups in total. The minimum absolute atomic E-state index is 0.379. The lowest BCUT2D eigenvalue weighted by Gasteiger charge is -2.07. The SMILES string of the molecule is [C-]#[N+]c1c(-c2ccnc(N)c2)sc(-c2nnc[nH]2)c1-c1ccc(Cl)cc1Cl. The van der Waals surface area contributed by atoms with Crippen molar-refractivity contribution < 1.29 is 0 Å². The predicted molar refractivity (Wildman–Crippen MR) is 109 cm³/mol. The molecule has 0 atom stereocenters. The van der Waals surface area contributed by atoms with Crippen LogP contribution in [0.3, 0.4) is 0 Å². The van der Waals surface area contributed by atoms with Crippen molar-refractivity contribution in [3.63, 3.8) is 0 Å². The molecule has 4 aromatic rings. The van der Waals surface area contributed by atoms with Crippen molar-refractivity contribution in [1.82, 2.24) is 20.2 Å². The van der Waals surface area contributed by atoms with Gasteiger partial charge in [0.1, 0.15) is 12.1 Å². The Morgan fingerprint density at radius 1 is 1.15 bits per heavy atom. The molecule has 132 valence electrons. The standard InChI is InChI=1S/C18H10Cl2N6S/c1-22-15-14(11-3-2-10(19)7-12(11)20)17(18-24-8-25-26-18)27-16(15)9-4-5-23-13(21)6-9/h2-8H,(H2,21,23)(H,24,25,26). The Morgan fingerprint density at radius 3 is 2.67 bits per heavy atom. The third kappa shape index (κ3) is 3.15. The summed E-state index contributed by atoms with van der Waals surface area (Å²) in [6.07, 6.45) is 3.10. The molecular formula is C18H10Cl2N6S. The van der Waals surface area contributed by atoms with Gasteiger partial charge in [-0.3, -0.25) is 0 Å². The summed E-state index contributed by atoms with van der Waals surface area (Å²) in [7, 11) is 0. The lowest BCUT2D eigenvalue weighted by molar-refractivity contribution is 1.10. The molecule has 1 aromatic carbocycles. The number of H-pyrrole nitrogens is 1. The highest BCUT2D eigenvalue weighted by atomic mass is 35.5. The average Bonchev–Trinajstić information content (AvgIpc) is 3.29. The largest absolute Gasteiger partial charge is 0.384 e. The number of halogens is 2. The van der Waals surface area contributed by atoms with Gasteiger partial charge in [0.05, 0.1) is 11.4 Å². The van der Waals surface area contributed by atoms with Crippen LogP contribution in [0.4, 0.5) is 11.5 Å². The molecule has 9 heteroatoms. The summed E-state index contributed by atoms with van der Waals surface area (Å²) in [6.45, 7) is 7.80. The zero-order chi connectivity index (χ0) is 19.0. The maximum Gasteiger partial charge on any atom is 0.213 e. The van der Waals surface area contributed by atoms with Crippen LogP contribution < -0.4 is 5.73 Å². The fourth-order valence-electron chi connectivity index (χ4n) is 2.74. The van der Waals surface area contributed by atoms with Gasteiger partial charge in [-0.15, -0.1) is 21.5 Å². The number of aromatic amines is 1. The number of pyridine rings is 1. The van der Waals surface area contributed by atoms with Crippen molar-refractivity contribution >= 4 is 46.0 Å². The second kappa shape index (κ2) is 7.00. The molecule has 0 fully saturated rings. The number of hydrogen-bond donors (Lipinski definition) is 2. The van der Waals surface area contributed by atoms with Crippen LogP contribution in [0, 0.1) is 6.57 Å². The number of nitrogens with zero attached hydrogens (tertiary/aromatic N) is 4. The van der Waals surface area contributed by atoms with Gasteiger partial charge in [0, 0.05) is 26.7 Å². The monoisotopic (exact) mass is 412 g/mol. The van der Waals surface area contributed by atoms with Crippen molar-refractivity contribution in [2.75, 3.05) is 5.73 Å². The number of hydrogen-bond acceptors (Lipinski definition) is 5. The summed E-state index contributed by atoms with van der Waals surface area (Å²) < 4.78 is 0. The van der Waals surface area contributed by atoms with E-state index in [1.807, 2.05) is 6.07 Å². The first kappa shape index (κ1) is 17.5. The van der Waals surface area contributed by atoms with Gasteiger partial charge in [0.25, 0.3) is 0 Å². The Kier molecular flexibility index (Phi) is 4.54. The summed E-state index contributed by atoms with van der Waals surface area (Å²) in [5.41, 5.74) is 8.47. The van der Waals surface area contributed by atoms with Crippen LogP contribution in [0.15, 0.2) is 42.9 Å². The molecular weight excluding hydrogens is 403 g/mol. The third-order valence-corrected chi connectivity index (χ3v) is 5.65. The van der Waals surface area contributed by atoms with E-state index in [4.69, 9.17) is 35.5 Å². The van der Waals surface area contributed by atoms with E-state index in [-0.39, 0.29) is 0 Å². The number of nitrogen functional groups attached to an aromatic ring is 1. The van der Waals surface area contributed by atoms with Crippen molar-refractivity contribution in [2.24, 2.45) is 0 Å². The molecule has 6 nitrogen and oxygen atoms in total. The van der Waals surface area contributed by atoms with E-state index in [9.17, 15) is 0 Å². The molecule has 0 saturated carbocycles. The Balaban J connectivity index is 2.06. The van der Waals surface area contributed by atoms with Crippen molar-refractivity contribution in [1.29, 1.82) is 0 Å². The summed E-state index contributed by atoms with van der Waals surface area (Å²) in [4.78, 5) is 12.3. The third-order valence-electron chi connectivity index (χ3n) is 3.87. The van der Waals surface area contributed by atoms with Crippen LogP contribution in [-0.2, 0) is 0 Å². The fraction of sp³-hybridized carbons (Fsp3) is 0. The Morgan fingerprint density at radius 2 is 2.00 bits per heavy atom. The zero-order valence-corrected chi connectivity index (χ0v) is 15.9. The molecule has 3 heterocycles. The summed E-state index contributed by atoms with van der Waals surface area (Å²) >= 11 is 13.9. The minimum atomic E-state index is 0.379. The first-order valence-electron chi connectivity index (χ1n) is 7.66. The predicted octanol–water partition coefficient (Wildman–Crippen LogP) is 5.70. The molecule has 0 aliphatic heterocycles. The van der Waals surface area contributed by atoms with Crippen LogP contribution in [0.1, 0.15) is 0 Å². The molecule has 0 aliphatic rings. The number of nitrogens with two attached hydrogens (primary N) is 1. The van der Waals surface area contributed by atoms with Gasteiger partial charge in [0.15, 0.2) is 5.82 Å². The number of thiophene rings is 1.